The maximum Gasteiger partial charge on any atom is 0.260 e. The Labute approximate surface area is 179 Å². The predicted octanol–water partition coefficient (Wildman–Crippen LogP) is 6.42. The quantitative estimate of drug-likeness (QED) is 0.282. The Morgan fingerprint density at radius 2 is 1.71 bits per heavy atom. The molecule has 2 heterocycles. The van der Waals surface area contributed by atoms with Crippen LogP contribution in [0.15, 0.2) is 51.7 Å². The average molecular weight is 456 g/mol. The van der Waals surface area contributed by atoms with Crippen molar-refractivity contribution in [3.8, 4) is 33.8 Å². The Morgan fingerprint density at radius 3 is 2.43 bits per heavy atom. The summed E-state index contributed by atoms with van der Waals surface area (Å²) < 4.78 is 10.2. The second-order valence-corrected chi connectivity index (χ2v) is 7.66. The summed E-state index contributed by atoms with van der Waals surface area (Å²) in [7, 11) is 0. The van der Waals surface area contributed by atoms with Gasteiger partial charge < -0.3 is 14.8 Å². The van der Waals surface area contributed by atoms with Crippen molar-refractivity contribution >= 4 is 52.1 Å². The lowest BCUT2D eigenvalue weighted by atomic mass is 9.98. The van der Waals surface area contributed by atoms with Gasteiger partial charge in [0, 0.05) is 21.7 Å². The molecule has 0 aliphatic carbocycles. The average Bonchev–Trinajstić information content (AvgIpc) is 3.31. The summed E-state index contributed by atoms with van der Waals surface area (Å²) in [4.78, 5) is 3.24. The molecule has 6 nitrogen and oxygen atoms in total. The monoisotopic (exact) mass is 454 g/mol. The van der Waals surface area contributed by atoms with Crippen molar-refractivity contribution in [2.45, 2.75) is 4.84 Å². The van der Waals surface area contributed by atoms with Crippen LogP contribution in [0.2, 0.25) is 10.0 Å². The summed E-state index contributed by atoms with van der Waals surface area (Å²) in [6.45, 7) is 0. The Balaban J connectivity index is 1.82. The number of hydrogen-bond donors (Lipinski definition) is 1. The highest BCUT2D eigenvalue weighted by molar-refractivity contribution is 6.43. The van der Waals surface area contributed by atoms with Gasteiger partial charge in [0.15, 0.2) is 4.84 Å². The summed E-state index contributed by atoms with van der Waals surface area (Å²) in [5.41, 5.74) is 9.81. The van der Waals surface area contributed by atoms with Crippen LogP contribution in [0.4, 0.5) is 5.69 Å². The topological polar surface area (TPSA) is 91.0 Å². The maximum atomic E-state index is 6.38. The molecule has 0 fully saturated rings. The van der Waals surface area contributed by atoms with Gasteiger partial charge in [0.25, 0.3) is 5.89 Å². The van der Waals surface area contributed by atoms with Gasteiger partial charge in [-0.05, 0) is 18.2 Å². The Kier molecular flexibility index (Phi) is 5.21. The Hall–Kier alpha value is -2.25. The van der Waals surface area contributed by atoms with Gasteiger partial charge in [-0.25, -0.2) is 0 Å². The van der Waals surface area contributed by atoms with E-state index in [-0.39, 0.29) is 11.7 Å². The van der Waals surface area contributed by atoms with E-state index in [0.29, 0.717) is 43.7 Å². The molecule has 2 aromatic carbocycles. The van der Waals surface area contributed by atoms with E-state index < -0.39 is 4.84 Å². The van der Waals surface area contributed by atoms with Crippen molar-refractivity contribution in [1.82, 2.24) is 15.3 Å². The number of nitrogen functional groups attached to an aromatic ring is 1. The molecule has 0 saturated carbocycles. The van der Waals surface area contributed by atoms with E-state index in [1.165, 1.54) is 6.26 Å². The highest BCUT2D eigenvalue weighted by atomic mass is 35.5. The number of benzene rings is 2. The van der Waals surface area contributed by atoms with Gasteiger partial charge >= 0.3 is 0 Å². The molecule has 0 bridgehead atoms. The summed E-state index contributed by atoms with van der Waals surface area (Å²) in [5, 5.41) is 8.97. The van der Waals surface area contributed by atoms with Crippen molar-refractivity contribution < 1.29 is 9.05 Å². The molecule has 0 atom stereocenters. The second kappa shape index (κ2) is 7.64. The number of alkyl halides is 2. The predicted molar refractivity (Wildman–Crippen MR) is 110 cm³/mol. The number of anilines is 1. The van der Waals surface area contributed by atoms with E-state index in [9.17, 15) is 0 Å². The molecule has 0 spiro atoms. The lowest BCUT2D eigenvalue weighted by Crippen LogP contribution is -1.96. The molecule has 142 valence electrons. The van der Waals surface area contributed by atoms with Crippen LogP contribution in [0.1, 0.15) is 10.7 Å². The molecule has 0 amide bonds. The van der Waals surface area contributed by atoms with E-state index >= 15 is 0 Å². The number of aromatic nitrogens is 3. The van der Waals surface area contributed by atoms with Crippen LogP contribution in [0, 0.1) is 0 Å². The minimum atomic E-state index is -0.931. The van der Waals surface area contributed by atoms with Crippen LogP contribution in [-0.2, 0) is 0 Å². The van der Waals surface area contributed by atoms with Crippen LogP contribution in [0.5, 0.6) is 0 Å². The lowest BCUT2D eigenvalue weighted by Gasteiger charge is -2.09. The van der Waals surface area contributed by atoms with Gasteiger partial charge in [-0.1, -0.05) is 74.9 Å². The zero-order valence-electron chi connectivity index (χ0n) is 13.9. The van der Waals surface area contributed by atoms with E-state index in [0.717, 1.165) is 0 Å². The molecule has 4 rings (SSSR count). The summed E-state index contributed by atoms with van der Waals surface area (Å²) in [6.07, 6.45) is 1.49. The van der Waals surface area contributed by atoms with Crippen molar-refractivity contribution in [2.75, 3.05) is 5.73 Å². The van der Waals surface area contributed by atoms with Crippen LogP contribution >= 0.6 is 46.4 Å². The third kappa shape index (κ3) is 3.44. The van der Waals surface area contributed by atoms with Crippen molar-refractivity contribution in [3.63, 3.8) is 0 Å². The number of nitrogens with zero attached hydrogens (tertiary/aromatic N) is 3. The third-order valence-corrected chi connectivity index (χ3v) is 4.94. The zero-order valence-corrected chi connectivity index (χ0v) is 16.9. The number of para-hydroxylation sites is 1. The van der Waals surface area contributed by atoms with Crippen LogP contribution in [0.25, 0.3) is 33.8 Å². The minimum absolute atomic E-state index is 0.0817. The maximum absolute atomic E-state index is 6.38. The van der Waals surface area contributed by atoms with E-state index in [4.69, 9.17) is 61.2 Å². The van der Waals surface area contributed by atoms with E-state index in [1.54, 1.807) is 36.4 Å². The van der Waals surface area contributed by atoms with E-state index in [2.05, 4.69) is 15.3 Å². The van der Waals surface area contributed by atoms with Gasteiger partial charge in [-0.3, -0.25) is 0 Å². The summed E-state index contributed by atoms with van der Waals surface area (Å²) in [5.74, 6) is 0.341. The highest BCUT2D eigenvalue weighted by Gasteiger charge is 2.21. The van der Waals surface area contributed by atoms with Gasteiger partial charge in [0.05, 0.1) is 16.3 Å². The first-order chi connectivity index (χ1) is 13.5. The Morgan fingerprint density at radius 1 is 0.929 bits per heavy atom. The van der Waals surface area contributed by atoms with Crippen LogP contribution in [0.3, 0.4) is 0 Å². The molecule has 2 aromatic heterocycles. The molecule has 0 aliphatic heterocycles. The number of rotatable bonds is 4. The molecular weight excluding hydrogens is 446 g/mol. The first-order valence-electron chi connectivity index (χ1n) is 7.86. The number of nitrogens with two attached hydrogens (primary N) is 1. The molecule has 28 heavy (non-hydrogen) atoms. The first kappa shape index (κ1) is 19.1. The lowest BCUT2D eigenvalue weighted by molar-refractivity contribution is 0.389. The van der Waals surface area contributed by atoms with Crippen molar-refractivity contribution in [1.29, 1.82) is 0 Å². The number of hydrogen-bond acceptors (Lipinski definition) is 6. The smallest absolute Gasteiger partial charge is 0.260 e. The largest absolute Gasteiger partial charge is 0.398 e. The normalized spacial score (nSPS) is 11.3. The molecule has 2 N–H and O–H groups in total. The van der Waals surface area contributed by atoms with E-state index in [1.807, 2.05) is 0 Å². The van der Waals surface area contributed by atoms with Gasteiger partial charge in [-0.15, -0.1) is 0 Å². The minimum Gasteiger partial charge on any atom is -0.398 e. The fourth-order valence-corrected chi connectivity index (χ4v) is 3.42. The van der Waals surface area contributed by atoms with Gasteiger partial charge in [0.1, 0.15) is 12.0 Å². The van der Waals surface area contributed by atoms with Crippen molar-refractivity contribution in [2.24, 2.45) is 0 Å². The fourth-order valence-electron chi connectivity index (χ4n) is 2.73. The molecule has 0 aliphatic rings. The molecule has 0 saturated heterocycles. The molecule has 4 aromatic rings. The van der Waals surface area contributed by atoms with Gasteiger partial charge in [0.2, 0.25) is 5.82 Å². The molecular formula is C18H10Cl4N4O2. The summed E-state index contributed by atoms with van der Waals surface area (Å²) in [6, 6.07) is 10.5. The first-order valence-corrected chi connectivity index (χ1v) is 9.49. The van der Waals surface area contributed by atoms with Crippen LogP contribution in [-0.4, -0.2) is 15.3 Å². The second-order valence-electron chi connectivity index (χ2n) is 5.72. The van der Waals surface area contributed by atoms with Gasteiger partial charge in [-0.2, -0.15) is 4.98 Å². The number of halogens is 4. The van der Waals surface area contributed by atoms with Crippen LogP contribution < -0.4 is 5.73 Å². The molecule has 0 unspecified atom stereocenters. The Bertz CT molecular complexity index is 1160. The van der Waals surface area contributed by atoms with Crippen molar-refractivity contribution in [3.05, 3.63) is 58.6 Å². The standard InChI is InChI=1S/C18H10Cl4N4O2/c19-8-4-5-9(13(20)6-8)12-7-27-25-15(12)10-2-1-3-11(14(10)23)17-24-18(16(21)22)28-26-17/h1-7,16H,23H2. The molecule has 0 radical (unpaired) electrons. The molecule has 10 heteroatoms. The fraction of sp³-hybridized carbons (Fsp3) is 0.0556. The summed E-state index contributed by atoms with van der Waals surface area (Å²) >= 11 is 23.9. The third-order valence-electron chi connectivity index (χ3n) is 4.02. The highest BCUT2D eigenvalue weighted by Crippen LogP contribution is 2.40. The SMILES string of the molecule is Nc1c(-c2noc(C(Cl)Cl)n2)cccc1-c1nocc1-c1ccc(Cl)cc1Cl. The zero-order chi connectivity index (χ0) is 19.8.